The van der Waals surface area contributed by atoms with Crippen molar-refractivity contribution in [2.24, 2.45) is 0 Å². The van der Waals surface area contributed by atoms with Crippen LogP contribution < -0.4 is 10.6 Å². The number of nitrogens with one attached hydrogen (secondary N) is 3. The lowest BCUT2D eigenvalue weighted by molar-refractivity contribution is -0.144. The van der Waals surface area contributed by atoms with Crippen LogP contribution in [0.15, 0.2) is 30.3 Å². The van der Waals surface area contributed by atoms with E-state index in [1.54, 1.807) is 35.4 Å². The average Bonchev–Trinajstić information content (AvgIpc) is 2.95. The van der Waals surface area contributed by atoms with Crippen molar-refractivity contribution in [3.05, 3.63) is 41.7 Å². The van der Waals surface area contributed by atoms with E-state index in [9.17, 15) is 22.8 Å². The third-order valence-electron chi connectivity index (χ3n) is 2.97. The first-order valence-corrected chi connectivity index (χ1v) is 6.87. The summed E-state index contributed by atoms with van der Waals surface area (Å²) in [4.78, 5) is 26.4. The Morgan fingerprint density at radius 3 is 2.46 bits per heavy atom. The van der Waals surface area contributed by atoms with E-state index in [-0.39, 0.29) is 12.3 Å². The first kappa shape index (κ1) is 17.4. The van der Waals surface area contributed by atoms with Gasteiger partial charge in [-0.1, -0.05) is 30.3 Å². The van der Waals surface area contributed by atoms with Crippen LogP contribution >= 0.6 is 0 Å². The molecule has 0 aliphatic heterocycles. The molecule has 1 atom stereocenters. The van der Waals surface area contributed by atoms with Gasteiger partial charge in [-0.25, -0.2) is 0 Å². The van der Waals surface area contributed by atoms with Gasteiger partial charge in [-0.2, -0.15) is 18.2 Å². The highest BCUT2D eigenvalue weighted by atomic mass is 19.4. The van der Waals surface area contributed by atoms with Gasteiger partial charge in [-0.3, -0.25) is 20.0 Å². The summed E-state index contributed by atoms with van der Waals surface area (Å²) >= 11 is 0. The maximum absolute atomic E-state index is 12.4. The Kier molecular flexibility index (Phi) is 5.17. The van der Waals surface area contributed by atoms with Crippen molar-refractivity contribution >= 4 is 17.8 Å². The van der Waals surface area contributed by atoms with E-state index in [2.05, 4.69) is 20.7 Å². The molecule has 0 bridgehead atoms. The maximum atomic E-state index is 12.4. The number of H-pyrrole nitrogens is 1. The SMILES string of the molecule is CC(=O)NC(CC(=O)Nc1n[nH]c(C(F)(F)F)n1)c1ccccc1. The number of halogens is 3. The third kappa shape index (κ3) is 4.80. The van der Waals surface area contributed by atoms with Crippen molar-refractivity contribution in [2.45, 2.75) is 25.6 Å². The summed E-state index contributed by atoms with van der Waals surface area (Å²) in [6.07, 6.45) is -4.86. The zero-order valence-corrected chi connectivity index (χ0v) is 12.5. The van der Waals surface area contributed by atoms with Crippen molar-refractivity contribution in [3.63, 3.8) is 0 Å². The molecular weight excluding hydrogens is 327 g/mol. The number of hydrogen-bond acceptors (Lipinski definition) is 4. The van der Waals surface area contributed by atoms with Gasteiger partial charge in [0.05, 0.1) is 12.5 Å². The Labute approximate surface area is 134 Å². The summed E-state index contributed by atoms with van der Waals surface area (Å²) in [5.74, 6) is -2.76. The predicted molar refractivity (Wildman–Crippen MR) is 77.6 cm³/mol. The molecule has 2 aromatic rings. The molecule has 1 heterocycles. The predicted octanol–water partition coefficient (Wildman–Crippen LogP) is 2.03. The molecule has 0 aliphatic carbocycles. The monoisotopic (exact) mass is 341 g/mol. The van der Waals surface area contributed by atoms with Crippen LogP contribution in [0.1, 0.15) is 30.8 Å². The number of amides is 2. The van der Waals surface area contributed by atoms with Gasteiger partial charge in [0.15, 0.2) is 0 Å². The minimum Gasteiger partial charge on any atom is -0.349 e. The molecule has 10 heteroatoms. The quantitative estimate of drug-likeness (QED) is 0.775. The van der Waals surface area contributed by atoms with Gasteiger partial charge < -0.3 is 5.32 Å². The fourth-order valence-electron chi connectivity index (χ4n) is 1.99. The van der Waals surface area contributed by atoms with Crippen molar-refractivity contribution in [1.29, 1.82) is 0 Å². The van der Waals surface area contributed by atoms with Crippen molar-refractivity contribution in [3.8, 4) is 0 Å². The van der Waals surface area contributed by atoms with Gasteiger partial charge in [0.25, 0.3) is 0 Å². The average molecular weight is 341 g/mol. The zero-order valence-electron chi connectivity index (χ0n) is 12.5. The standard InChI is InChI=1S/C14H14F3N5O2/c1-8(23)18-10(9-5-3-2-4-6-9)7-11(24)19-13-20-12(21-22-13)14(15,16)17/h2-6,10H,7H2,1H3,(H,18,23)(H2,19,20,21,22,24). The van der Waals surface area contributed by atoms with Crippen molar-refractivity contribution in [2.75, 3.05) is 5.32 Å². The number of benzene rings is 1. The van der Waals surface area contributed by atoms with Crippen molar-refractivity contribution in [1.82, 2.24) is 20.5 Å². The van der Waals surface area contributed by atoms with Gasteiger partial charge in [-0.05, 0) is 5.56 Å². The summed E-state index contributed by atoms with van der Waals surface area (Å²) < 4.78 is 37.3. The lowest BCUT2D eigenvalue weighted by Crippen LogP contribution is -2.29. The maximum Gasteiger partial charge on any atom is 0.451 e. The number of carbonyl (C=O) groups is 2. The molecule has 1 unspecified atom stereocenters. The molecule has 0 radical (unpaired) electrons. The van der Waals surface area contributed by atoms with Gasteiger partial charge >= 0.3 is 6.18 Å². The molecule has 0 spiro atoms. The third-order valence-corrected chi connectivity index (χ3v) is 2.97. The van der Waals surface area contributed by atoms with E-state index in [1.165, 1.54) is 6.92 Å². The molecule has 1 aromatic heterocycles. The molecule has 0 fully saturated rings. The fraction of sp³-hybridized carbons (Fsp3) is 0.286. The minimum atomic E-state index is -4.68. The number of aromatic amines is 1. The topological polar surface area (TPSA) is 99.8 Å². The van der Waals surface area contributed by atoms with E-state index < -0.39 is 29.9 Å². The van der Waals surface area contributed by atoms with Crippen LogP contribution in [0.3, 0.4) is 0 Å². The van der Waals surface area contributed by atoms with Crippen LogP contribution in [0, 0.1) is 0 Å². The van der Waals surface area contributed by atoms with E-state index in [0.29, 0.717) is 5.56 Å². The van der Waals surface area contributed by atoms with Crippen LogP contribution in [-0.2, 0) is 15.8 Å². The molecule has 1 aromatic carbocycles. The number of carbonyl (C=O) groups excluding carboxylic acids is 2. The van der Waals surface area contributed by atoms with E-state index in [0.717, 1.165) is 0 Å². The first-order valence-electron chi connectivity index (χ1n) is 6.87. The Hall–Kier alpha value is -2.91. The summed E-state index contributed by atoms with van der Waals surface area (Å²) in [5, 5.41) is 9.76. The normalized spacial score (nSPS) is 12.5. The second kappa shape index (κ2) is 7.11. The summed E-state index contributed by atoms with van der Waals surface area (Å²) in [7, 11) is 0. The van der Waals surface area contributed by atoms with E-state index in [4.69, 9.17) is 0 Å². The molecule has 0 saturated carbocycles. The summed E-state index contributed by atoms with van der Waals surface area (Å²) in [6, 6.07) is 8.09. The molecule has 2 rings (SSSR count). The zero-order chi connectivity index (χ0) is 17.7. The number of anilines is 1. The summed E-state index contributed by atoms with van der Waals surface area (Å²) in [5.41, 5.74) is 0.689. The lowest BCUT2D eigenvalue weighted by Gasteiger charge is -2.17. The van der Waals surface area contributed by atoms with Gasteiger partial charge in [0, 0.05) is 6.92 Å². The number of rotatable bonds is 5. The van der Waals surface area contributed by atoms with Gasteiger partial charge in [-0.15, -0.1) is 5.10 Å². The Morgan fingerprint density at radius 2 is 1.92 bits per heavy atom. The molecule has 128 valence electrons. The van der Waals surface area contributed by atoms with Crippen LogP contribution in [0.25, 0.3) is 0 Å². The molecule has 7 nitrogen and oxygen atoms in total. The molecule has 3 N–H and O–H groups in total. The second-order valence-corrected chi connectivity index (χ2v) is 4.92. The van der Waals surface area contributed by atoms with Crippen LogP contribution in [0.2, 0.25) is 0 Å². The smallest absolute Gasteiger partial charge is 0.349 e. The van der Waals surface area contributed by atoms with Gasteiger partial charge in [0.2, 0.25) is 23.6 Å². The molecule has 0 saturated heterocycles. The highest BCUT2D eigenvalue weighted by Crippen LogP contribution is 2.26. The summed E-state index contributed by atoms with van der Waals surface area (Å²) in [6.45, 7) is 1.30. The molecular formula is C14H14F3N5O2. The van der Waals surface area contributed by atoms with Crippen molar-refractivity contribution < 1.29 is 22.8 Å². The molecule has 2 amide bonds. The van der Waals surface area contributed by atoms with E-state index >= 15 is 0 Å². The lowest BCUT2D eigenvalue weighted by atomic mass is 10.0. The van der Waals surface area contributed by atoms with Crippen LogP contribution in [0.4, 0.5) is 19.1 Å². The number of aromatic nitrogens is 3. The highest BCUT2D eigenvalue weighted by molar-refractivity contribution is 5.89. The number of hydrogen-bond donors (Lipinski definition) is 3. The largest absolute Gasteiger partial charge is 0.451 e. The minimum absolute atomic E-state index is 0.181. The molecule has 0 aliphatic rings. The van der Waals surface area contributed by atoms with Crippen LogP contribution in [0.5, 0.6) is 0 Å². The Balaban J connectivity index is 2.05. The van der Waals surface area contributed by atoms with E-state index in [1.807, 2.05) is 0 Å². The number of alkyl halides is 3. The Bertz CT molecular complexity index is 715. The highest BCUT2D eigenvalue weighted by Gasteiger charge is 2.35. The van der Waals surface area contributed by atoms with Crippen LogP contribution in [-0.4, -0.2) is 27.0 Å². The fourth-order valence-corrected chi connectivity index (χ4v) is 1.99. The Morgan fingerprint density at radius 1 is 1.25 bits per heavy atom. The molecule has 24 heavy (non-hydrogen) atoms. The number of nitrogens with zero attached hydrogens (tertiary/aromatic N) is 2. The van der Waals surface area contributed by atoms with Gasteiger partial charge in [0.1, 0.15) is 0 Å². The second-order valence-electron chi connectivity index (χ2n) is 4.92. The first-order chi connectivity index (χ1) is 11.3.